The van der Waals surface area contributed by atoms with Crippen LogP contribution < -0.4 is 5.32 Å². The third kappa shape index (κ3) is 51.7. The van der Waals surface area contributed by atoms with Crippen LogP contribution in [-0.2, 0) is 14.3 Å². The first-order valence-electron chi connectivity index (χ1n) is 29.6. The lowest BCUT2D eigenvalue weighted by Gasteiger charge is -2.22. The fraction of sp³-hybridized carbons (Fsp3) is 0.900. The summed E-state index contributed by atoms with van der Waals surface area (Å²) in [5, 5.41) is 23.3. The van der Waals surface area contributed by atoms with Crippen molar-refractivity contribution in [3.8, 4) is 0 Å². The molecule has 66 heavy (non-hydrogen) atoms. The average Bonchev–Trinajstić information content (AvgIpc) is 3.32. The summed E-state index contributed by atoms with van der Waals surface area (Å²) in [7, 11) is 0. The van der Waals surface area contributed by atoms with Crippen molar-refractivity contribution in [1.82, 2.24) is 5.32 Å². The molecule has 0 rings (SSSR count). The Balaban J connectivity index is 3.50. The fourth-order valence-electron chi connectivity index (χ4n) is 9.16. The summed E-state index contributed by atoms with van der Waals surface area (Å²) in [5.74, 6) is -0.0993. The molecule has 0 saturated heterocycles. The van der Waals surface area contributed by atoms with Crippen molar-refractivity contribution in [1.29, 1.82) is 0 Å². The van der Waals surface area contributed by atoms with E-state index in [2.05, 4.69) is 43.5 Å². The molecule has 0 aliphatic rings. The summed E-state index contributed by atoms with van der Waals surface area (Å²) >= 11 is 0. The second-order valence-corrected chi connectivity index (χ2v) is 20.3. The maximum absolute atomic E-state index is 12.5. The predicted molar refractivity (Wildman–Crippen MR) is 287 cm³/mol. The third-order valence-corrected chi connectivity index (χ3v) is 13.7. The first-order valence-corrected chi connectivity index (χ1v) is 29.6. The normalized spacial score (nSPS) is 12.7. The number of hydrogen-bond donors (Lipinski definition) is 3. The minimum absolute atomic E-state index is 0.0377. The van der Waals surface area contributed by atoms with Gasteiger partial charge < -0.3 is 20.3 Å². The van der Waals surface area contributed by atoms with Gasteiger partial charge in [0.15, 0.2) is 0 Å². The number of amides is 1. The van der Waals surface area contributed by atoms with Crippen molar-refractivity contribution in [2.75, 3.05) is 13.2 Å². The highest BCUT2D eigenvalue weighted by Gasteiger charge is 2.20. The van der Waals surface area contributed by atoms with Crippen LogP contribution >= 0.6 is 0 Å². The number of carbonyl (C=O) groups is 2. The van der Waals surface area contributed by atoms with E-state index in [-0.39, 0.29) is 18.5 Å². The Bertz CT molecular complexity index is 1030. The molecule has 0 fully saturated rings. The van der Waals surface area contributed by atoms with Gasteiger partial charge in [0.1, 0.15) is 0 Å². The number of carbonyl (C=O) groups excluding carboxylic acids is 2. The van der Waals surface area contributed by atoms with Gasteiger partial charge in [-0.05, 0) is 77.0 Å². The molecule has 0 heterocycles. The number of allylic oxidation sites excluding steroid dienone is 4. The van der Waals surface area contributed by atoms with E-state index in [9.17, 15) is 19.8 Å². The zero-order chi connectivity index (χ0) is 47.9. The highest BCUT2D eigenvalue weighted by atomic mass is 16.5. The van der Waals surface area contributed by atoms with E-state index >= 15 is 0 Å². The highest BCUT2D eigenvalue weighted by molar-refractivity contribution is 5.76. The van der Waals surface area contributed by atoms with Gasteiger partial charge in [-0.1, -0.05) is 256 Å². The Labute approximate surface area is 411 Å². The molecule has 1 amide bonds. The summed E-state index contributed by atoms with van der Waals surface area (Å²) in [5.41, 5.74) is 0. The molecular weight excluding hydrogens is 815 g/mol. The van der Waals surface area contributed by atoms with Gasteiger partial charge in [0.25, 0.3) is 0 Å². The number of aliphatic hydroxyl groups excluding tert-OH is 2. The summed E-state index contributed by atoms with van der Waals surface area (Å²) < 4.78 is 5.44. The molecule has 3 N–H and O–H groups in total. The Morgan fingerprint density at radius 2 is 0.712 bits per heavy atom. The van der Waals surface area contributed by atoms with Crippen molar-refractivity contribution in [3.63, 3.8) is 0 Å². The zero-order valence-corrected chi connectivity index (χ0v) is 44.4. The van der Waals surface area contributed by atoms with Crippen LogP contribution in [0.25, 0.3) is 0 Å². The quantitative estimate of drug-likeness (QED) is 0.0321. The topological polar surface area (TPSA) is 95.9 Å². The SMILES string of the molecule is CCCCCCCCC/C=C\CCCCCCCC(=O)OCCCC/C=C\CCCCCCCC(=O)NC(CO)C(O)CCCCCCCCCCCCCCCCCCCCCCCC. The number of hydrogen-bond acceptors (Lipinski definition) is 5. The molecule has 2 unspecified atom stereocenters. The second kappa shape index (κ2) is 55.9. The van der Waals surface area contributed by atoms with E-state index in [4.69, 9.17) is 4.74 Å². The highest BCUT2D eigenvalue weighted by Crippen LogP contribution is 2.17. The van der Waals surface area contributed by atoms with Gasteiger partial charge in [0.05, 0.1) is 25.4 Å². The van der Waals surface area contributed by atoms with E-state index in [1.54, 1.807) is 0 Å². The van der Waals surface area contributed by atoms with Crippen LogP contribution in [0.15, 0.2) is 24.3 Å². The largest absolute Gasteiger partial charge is 0.466 e. The van der Waals surface area contributed by atoms with Crippen LogP contribution in [0.5, 0.6) is 0 Å². The average molecular weight is 931 g/mol. The first-order chi connectivity index (χ1) is 32.5. The Kier molecular flexibility index (Phi) is 54.5. The van der Waals surface area contributed by atoms with Gasteiger partial charge >= 0.3 is 5.97 Å². The standard InChI is InChI=1S/C60H115NO5/c1-3-5-7-9-11-13-15-17-19-21-22-23-24-25-26-27-29-32-36-40-44-48-52-58(63)57(56-62)61-59(64)53-49-45-41-37-33-31-35-39-43-47-51-55-66-60(65)54-50-46-42-38-34-30-28-20-18-16-14-12-10-8-6-4-2/h20,28,35,39,57-58,62-63H,3-19,21-27,29-34,36-38,40-56H2,1-2H3,(H,61,64)/b28-20-,39-35-. The Morgan fingerprint density at radius 1 is 0.409 bits per heavy atom. The minimum Gasteiger partial charge on any atom is -0.466 e. The minimum atomic E-state index is -0.684. The molecule has 0 radical (unpaired) electrons. The molecule has 0 aromatic rings. The van der Waals surface area contributed by atoms with Gasteiger partial charge in [0, 0.05) is 12.8 Å². The van der Waals surface area contributed by atoms with Crippen molar-refractivity contribution in [2.24, 2.45) is 0 Å². The predicted octanol–water partition coefficient (Wildman–Crippen LogP) is 18.2. The van der Waals surface area contributed by atoms with E-state index < -0.39 is 12.1 Å². The zero-order valence-electron chi connectivity index (χ0n) is 44.4. The van der Waals surface area contributed by atoms with E-state index in [0.717, 1.165) is 83.5 Å². The van der Waals surface area contributed by atoms with Crippen LogP contribution in [0.3, 0.4) is 0 Å². The maximum Gasteiger partial charge on any atom is 0.305 e. The van der Waals surface area contributed by atoms with Crippen LogP contribution in [0.4, 0.5) is 0 Å². The maximum atomic E-state index is 12.5. The number of nitrogens with one attached hydrogen (secondary N) is 1. The number of aliphatic hydroxyl groups is 2. The van der Waals surface area contributed by atoms with Gasteiger partial charge in [0.2, 0.25) is 5.91 Å². The molecule has 6 nitrogen and oxygen atoms in total. The summed E-state index contributed by atoms with van der Waals surface area (Å²) in [4.78, 5) is 24.6. The lowest BCUT2D eigenvalue weighted by atomic mass is 10.0. The van der Waals surface area contributed by atoms with Crippen LogP contribution in [0, 0.1) is 0 Å². The molecule has 0 aliphatic carbocycles. The van der Waals surface area contributed by atoms with Gasteiger partial charge in [-0.3, -0.25) is 9.59 Å². The molecule has 6 heteroatoms. The van der Waals surface area contributed by atoms with Crippen LogP contribution in [0.2, 0.25) is 0 Å². The number of esters is 1. The van der Waals surface area contributed by atoms with Crippen LogP contribution in [0.1, 0.15) is 322 Å². The lowest BCUT2D eigenvalue weighted by molar-refractivity contribution is -0.143. The molecule has 0 saturated carbocycles. The van der Waals surface area contributed by atoms with Crippen molar-refractivity contribution in [3.05, 3.63) is 24.3 Å². The van der Waals surface area contributed by atoms with Gasteiger partial charge in [-0.15, -0.1) is 0 Å². The number of rotatable bonds is 55. The van der Waals surface area contributed by atoms with E-state index in [0.29, 0.717) is 25.9 Å². The van der Waals surface area contributed by atoms with Crippen molar-refractivity contribution in [2.45, 2.75) is 334 Å². The fourth-order valence-corrected chi connectivity index (χ4v) is 9.16. The Hall–Kier alpha value is -1.66. The van der Waals surface area contributed by atoms with Crippen molar-refractivity contribution >= 4 is 11.9 Å². The number of unbranched alkanes of at least 4 members (excludes halogenated alkanes) is 40. The number of ether oxygens (including phenoxy) is 1. The molecular formula is C60H115NO5. The van der Waals surface area contributed by atoms with Gasteiger partial charge in [-0.25, -0.2) is 0 Å². The molecule has 0 spiro atoms. The lowest BCUT2D eigenvalue weighted by Crippen LogP contribution is -2.45. The summed E-state index contributed by atoms with van der Waals surface area (Å²) in [6, 6.07) is -0.564. The smallest absolute Gasteiger partial charge is 0.305 e. The first kappa shape index (κ1) is 64.3. The van der Waals surface area contributed by atoms with Crippen LogP contribution in [-0.4, -0.2) is 47.4 Å². The monoisotopic (exact) mass is 930 g/mol. The summed E-state index contributed by atoms with van der Waals surface area (Å²) in [6.07, 6.45) is 67.5. The molecule has 390 valence electrons. The molecule has 2 atom stereocenters. The molecule has 0 aliphatic heterocycles. The molecule has 0 aromatic heterocycles. The summed E-state index contributed by atoms with van der Waals surface area (Å²) in [6.45, 7) is 4.89. The second-order valence-electron chi connectivity index (χ2n) is 20.3. The molecule has 0 aromatic carbocycles. The third-order valence-electron chi connectivity index (χ3n) is 13.7. The molecule has 0 bridgehead atoms. The Morgan fingerprint density at radius 3 is 1.08 bits per heavy atom. The van der Waals surface area contributed by atoms with E-state index in [1.165, 1.54) is 205 Å². The van der Waals surface area contributed by atoms with Crippen molar-refractivity contribution < 1.29 is 24.5 Å². The van der Waals surface area contributed by atoms with Gasteiger partial charge in [-0.2, -0.15) is 0 Å². The van der Waals surface area contributed by atoms with E-state index in [1.807, 2.05) is 0 Å².